The molecular weight excluding hydrogens is 540 g/mol. The fourth-order valence-corrected chi connectivity index (χ4v) is 5.32. The summed E-state index contributed by atoms with van der Waals surface area (Å²) in [6.07, 6.45) is 3.03. The van der Waals surface area contributed by atoms with Crippen LogP contribution in [0, 0.1) is 24.0 Å². The number of ether oxygens (including phenoxy) is 2. The summed E-state index contributed by atoms with van der Waals surface area (Å²) in [5.41, 5.74) is 4.87. The first-order valence-electron chi connectivity index (χ1n) is 12.7. The van der Waals surface area contributed by atoms with Crippen molar-refractivity contribution in [2.75, 3.05) is 18.1 Å². The quantitative estimate of drug-likeness (QED) is 0.278. The van der Waals surface area contributed by atoms with Gasteiger partial charge in [0.2, 0.25) is 5.75 Å². The predicted octanol–water partition coefficient (Wildman–Crippen LogP) is 2.87. The van der Waals surface area contributed by atoms with Crippen LogP contribution >= 0.6 is 0 Å². The molecule has 41 heavy (non-hydrogen) atoms. The van der Waals surface area contributed by atoms with Gasteiger partial charge in [-0.25, -0.2) is 19.5 Å². The summed E-state index contributed by atoms with van der Waals surface area (Å²) in [6, 6.07) is 3.25. The molecule has 0 spiro atoms. The number of amides is 1. The Morgan fingerprint density at radius 1 is 1.12 bits per heavy atom. The molecule has 1 N–H and O–H groups in total. The van der Waals surface area contributed by atoms with Gasteiger partial charge in [0, 0.05) is 43.6 Å². The van der Waals surface area contributed by atoms with Gasteiger partial charge in [0.1, 0.15) is 5.82 Å². The summed E-state index contributed by atoms with van der Waals surface area (Å²) >= 11 is 0. The normalized spacial score (nSPS) is 14.9. The molecule has 0 bridgehead atoms. The number of rotatable bonds is 5. The summed E-state index contributed by atoms with van der Waals surface area (Å²) in [5.74, 6) is 0.303. The Kier molecular flexibility index (Phi) is 6.34. The highest BCUT2D eigenvalue weighted by atomic mass is 16.9. The van der Waals surface area contributed by atoms with Crippen molar-refractivity contribution < 1.29 is 28.9 Å². The molecule has 1 fully saturated rings. The van der Waals surface area contributed by atoms with E-state index in [4.69, 9.17) is 19.1 Å². The van der Waals surface area contributed by atoms with Crippen molar-refractivity contribution in [1.82, 2.24) is 29.3 Å². The molecule has 2 aliphatic heterocycles. The smallest absolute Gasteiger partial charge is 0.390 e. The third-order valence-electron chi connectivity index (χ3n) is 7.36. The average Bonchev–Trinajstić information content (AvgIpc) is 3.63. The third kappa shape index (κ3) is 4.23. The van der Waals surface area contributed by atoms with Crippen LogP contribution in [-0.4, -0.2) is 47.9 Å². The Morgan fingerprint density at radius 2 is 1.88 bits per heavy atom. The Bertz CT molecular complexity index is 1770. The van der Waals surface area contributed by atoms with E-state index in [1.54, 1.807) is 37.6 Å². The maximum atomic E-state index is 13.9. The number of imidazole rings is 2. The second-order valence-electron chi connectivity index (χ2n) is 9.78. The van der Waals surface area contributed by atoms with Crippen LogP contribution < -0.4 is 30.6 Å². The zero-order valence-electron chi connectivity index (χ0n) is 22.6. The number of nitrogens with zero attached hydrogens (tertiary/aromatic N) is 7. The molecule has 0 saturated carbocycles. The first-order valence-corrected chi connectivity index (χ1v) is 12.7. The predicted molar refractivity (Wildman–Crippen MR) is 142 cm³/mol. The van der Waals surface area contributed by atoms with E-state index in [1.165, 1.54) is 22.7 Å². The lowest BCUT2D eigenvalue weighted by atomic mass is 10.1. The molecule has 16 heteroatoms. The van der Waals surface area contributed by atoms with Gasteiger partial charge in [-0.2, -0.15) is 4.57 Å². The van der Waals surface area contributed by atoms with Crippen LogP contribution in [0.5, 0.6) is 17.4 Å². The van der Waals surface area contributed by atoms with Gasteiger partial charge in [-0.15, -0.1) is 0 Å². The van der Waals surface area contributed by atoms with Gasteiger partial charge in [0.25, 0.3) is 0 Å². The van der Waals surface area contributed by atoms with Gasteiger partial charge in [-0.1, -0.05) is 4.98 Å². The van der Waals surface area contributed by atoms with Crippen LogP contribution in [0.2, 0.25) is 0 Å². The molecule has 0 aliphatic carbocycles. The summed E-state index contributed by atoms with van der Waals surface area (Å²) < 4.78 is 15.4. The van der Waals surface area contributed by atoms with Crippen molar-refractivity contribution >= 4 is 34.6 Å². The summed E-state index contributed by atoms with van der Waals surface area (Å²) in [5, 5.41) is 11.3. The summed E-state index contributed by atoms with van der Waals surface area (Å²) in [4.78, 5) is 58.1. The minimum atomic E-state index is -0.913. The fraction of sp³-hybridized carbons (Fsp3) is 0.360. The van der Waals surface area contributed by atoms with Gasteiger partial charge in [-0.3, -0.25) is 9.13 Å². The maximum Gasteiger partial charge on any atom is 0.437 e. The van der Waals surface area contributed by atoms with E-state index in [0.717, 1.165) is 10.8 Å². The van der Waals surface area contributed by atoms with Crippen LogP contribution in [0.15, 0.2) is 29.3 Å². The van der Waals surface area contributed by atoms with Crippen molar-refractivity contribution in [2.24, 2.45) is 14.1 Å². The fourth-order valence-electron chi connectivity index (χ4n) is 5.32. The number of fused-ring (bicyclic) bond motifs is 2. The molecular formula is C25H26N8O8. The molecule has 214 valence electrons. The number of pyridine rings is 1. The standard InChI is InChI=1S/C25H26N8O8/c1-13-9-18-22(41-28-40-18)14(2)21(13)32(25(35)39-20-12-27-23(30(20)4)33(36)37)19-10-16-17(11-26-19)29(3)24(34)31(16)15-5-7-38-8-6-15/h9-12,15,28H,5-8H2,1-4H3. The number of carbonyl (C=O) groups excluding carboxylic acids is 1. The minimum absolute atomic E-state index is 0.0920. The highest BCUT2D eigenvalue weighted by Gasteiger charge is 2.33. The molecule has 3 aromatic heterocycles. The number of anilines is 2. The lowest BCUT2D eigenvalue weighted by Gasteiger charge is -2.25. The van der Waals surface area contributed by atoms with E-state index in [-0.39, 0.29) is 23.4 Å². The number of carbonyl (C=O) groups is 1. The molecule has 6 rings (SSSR count). The van der Waals surface area contributed by atoms with Gasteiger partial charge in [0.05, 0.1) is 30.0 Å². The number of aryl methyl sites for hydroxylation is 2. The van der Waals surface area contributed by atoms with E-state index in [1.807, 2.05) is 0 Å². The Morgan fingerprint density at radius 3 is 2.59 bits per heavy atom. The lowest BCUT2D eigenvalue weighted by Crippen LogP contribution is -2.32. The van der Waals surface area contributed by atoms with E-state index in [9.17, 15) is 19.7 Å². The number of aromatic nitrogens is 5. The van der Waals surface area contributed by atoms with E-state index in [2.05, 4.69) is 15.6 Å². The molecule has 1 amide bonds. The van der Waals surface area contributed by atoms with E-state index >= 15 is 0 Å². The molecule has 0 radical (unpaired) electrons. The van der Waals surface area contributed by atoms with Crippen LogP contribution in [0.1, 0.15) is 30.0 Å². The number of hydrogen-bond acceptors (Lipinski definition) is 11. The monoisotopic (exact) mass is 566 g/mol. The number of hydrogen-bond donors (Lipinski definition) is 1. The first kappa shape index (κ1) is 26.3. The molecule has 16 nitrogen and oxygen atoms in total. The maximum absolute atomic E-state index is 13.9. The van der Waals surface area contributed by atoms with Crippen molar-refractivity contribution in [1.29, 1.82) is 0 Å². The average molecular weight is 567 g/mol. The van der Waals surface area contributed by atoms with E-state index < -0.39 is 17.0 Å². The van der Waals surface area contributed by atoms with Crippen molar-refractivity contribution in [3.05, 3.63) is 56.3 Å². The minimum Gasteiger partial charge on any atom is -0.390 e. The highest BCUT2D eigenvalue weighted by Crippen LogP contribution is 2.44. The van der Waals surface area contributed by atoms with Crippen LogP contribution in [-0.2, 0) is 18.8 Å². The zero-order chi connectivity index (χ0) is 29.0. The zero-order valence-corrected chi connectivity index (χ0v) is 22.6. The van der Waals surface area contributed by atoms with Crippen molar-refractivity contribution in [3.63, 3.8) is 0 Å². The van der Waals surface area contributed by atoms with Crippen LogP contribution in [0.3, 0.4) is 0 Å². The Balaban J connectivity index is 1.52. The second kappa shape index (κ2) is 9.90. The van der Waals surface area contributed by atoms with Crippen LogP contribution in [0.25, 0.3) is 11.0 Å². The topological polar surface area (TPSA) is 170 Å². The van der Waals surface area contributed by atoms with Crippen LogP contribution in [0.4, 0.5) is 22.2 Å². The number of nitro groups is 1. The number of nitrogens with one attached hydrogen (secondary N) is 1. The third-order valence-corrected chi connectivity index (χ3v) is 7.36. The van der Waals surface area contributed by atoms with Crippen molar-refractivity contribution in [3.8, 4) is 17.4 Å². The summed E-state index contributed by atoms with van der Waals surface area (Å²) in [7, 11) is 3.03. The molecule has 1 aromatic carbocycles. The second-order valence-corrected chi connectivity index (χ2v) is 9.78. The molecule has 0 atom stereocenters. The van der Waals surface area contributed by atoms with Crippen molar-refractivity contribution in [2.45, 2.75) is 32.7 Å². The molecule has 5 heterocycles. The number of benzene rings is 1. The van der Waals surface area contributed by atoms with Gasteiger partial charge < -0.3 is 29.3 Å². The summed E-state index contributed by atoms with van der Waals surface area (Å²) in [6.45, 7) is 4.58. The lowest BCUT2D eigenvalue weighted by molar-refractivity contribution is -0.396. The van der Waals surface area contributed by atoms with Gasteiger partial charge in [0.15, 0.2) is 11.9 Å². The molecule has 1 saturated heterocycles. The largest absolute Gasteiger partial charge is 0.437 e. The molecule has 0 unspecified atom stereocenters. The SMILES string of the molecule is Cc1cc2c(c(C)c1N(C(=O)Oc1cnc([N+](=O)[O-])n1C)c1cc3c(cn1)n(C)c(=O)n3C1CCOCC1)ONO2. The van der Waals surface area contributed by atoms with Gasteiger partial charge >= 0.3 is 23.6 Å². The Hall–Kier alpha value is -4.96. The van der Waals surface area contributed by atoms with Gasteiger partial charge in [-0.05, 0) is 43.2 Å². The Labute approximate surface area is 231 Å². The molecule has 4 aromatic rings. The first-order chi connectivity index (χ1) is 19.7. The molecule has 2 aliphatic rings. The van der Waals surface area contributed by atoms with E-state index in [0.29, 0.717) is 65.4 Å². The highest BCUT2D eigenvalue weighted by molar-refractivity contribution is 5.99.